The molecular weight excluding hydrogens is 292 g/mol. The predicted octanol–water partition coefficient (Wildman–Crippen LogP) is 3.47. The molecule has 23 heavy (non-hydrogen) atoms. The van der Waals surface area contributed by atoms with Crippen molar-refractivity contribution < 1.29 is 14.0 Å². The lowest BCUT2D eigenvalue weighted by Crippen LogP contribution is -2.37. The zero-order valence-corrected chi connectivity index (χ0v) is 13.3. The van der Waals surface area contributed by atoms with E-state index in [1.807, 2.05) is 23.1 Å². The van der Waals surface area contributed by atoms with Crippen molar-refractivity contribution >= 4 is 23.2 Å². The summed E-state index contributed by atoms with van der Waals surface area (Å²) in [4.78, 5) is 26.0. The maximum atomic E-state index is 12.2. The summed E-state index contributed by atoms with van der Waals surface area (Å²) in [6.07, 6.45) is 2.68. The fraction of sp³-hybridized carbons (Fsp3) is 0.333. The highest BCUT2D eigenvalue weighted by Crippen LogP contribution is 2.31. The van der Waals surface area contributed by atoms with Crippen molar-refractivity contribution in [1.29, 1.82) is 0 Å². The smallest absolute Gasteiger partial charge is 0.291 e. The van der Waals surface area contributed by atoms with Gasteiger partial charge in [-0.3, -0.25) is 9.59 Å². The number of hydrogen-bond donors (Lipinski definition) is 1. The van der Waals surface area contributed by atoms with Crippen LogP contribution < -0.4 is 10.2 Å². The van der Waals surface area contributed by atoms with Crippen molar-refractivity contribution in [3.63, 3.8) is 0 Å². The topological polar surface area (TPSA) is 62.6 Å². The van der Waals surface area contributed by atoms with E-state index in [1.165, 1.54) is 6.26 Å². The van der Waals surface area contributed by atoms with Gasteiger partial charge >= 0.3 is 0 Å². The van der Waals surface area contributed by atoms with Gasteiger partial charge in [-0.2, -0.15) is 0 Å². The Labute approximate surface area is 135 Å². The van der Waals surface area contributed by atoms with Crippen LogP contribution in [0.15, 0.2) is 41.0 Å². The standard InChI is InChI=1S/C18H20N2O3/c1-12(2)11-20-15-7-6-14(10-13(15)5-8-17(20)21)19-18(22)16-4-3-9-23-16/h3-4,6-7,9-10,12H,5,8,11H2,1-2H3,(H,19,22). The van der Waals surface area contributed by atoms with E-state index in [2.05, 4.69) is 19.2 Å². The van der Waals surface area contributed by atoms with Crippen molar-refractivity contribution in [1.82, 2.24) is 0 Å². The van der Waals surface area contributed by atoms with Crippen LogP contribution in [0.1, 0.15) is 36.4 Å². The summed E-state index contributed by atoms with van der Waals surface area (Å²) in [5.74, 6) is 0.571. The van der Waals surface area contributed by atoms with Gasteiger partial charge in [0.05, 0.1) is 6.26 Å². The molecule has 0 saturated carbocycles. The molecule has 2 amide bonds. The number of benzene rings is 1. The molecule has 1 aromatic carbocycles. The first-order chi connectivity index (χ1) is 11.0. The predicted molar refractivity (Wildman–Crippen MR) is 88.6 cm³/mol. The molecule has 2 heterocycles. The minimum atomic E-state index is -0.277. The molecule has 0 saturated heterocycles. The second-order valence-corrected chi connectivity index (χ2v) is 6.17. The third kappa shape index (κ3) is 3.28. The van der Waals surface area contributed by atoms with Crippen molar-refractivity contribution in [2.45, 2.75) is 26.7 Å². The van der Waals surface area contributed by atoms with E-state index in [0.29, 0.717) is 31.0 Å². The van der Waals surface area contributed by atoms with Gasteiger partial charge in [-0.25, -0.2) is 0 Å². The van der Waals surface area contributed by atoms with E-state index in [9.17, 15) is 9.59 Å². The number of carbonyl (C=O) groups is 2. The van der Waals surface area contributed by atoms with E-state index in [4.69, 9.17) is 4.42 Å². The van der Waals surface area contributed by atoms with Gasteiger partial charge in [0.2, 0.25) is 5.91 Å². The molecule has 1 N–H and O–H groups in total. The molecular formula is C18H20N2O3. The SMILES string of the molecule is CC(C)CN1C(=O)CCc2cc(NC(=O)c3ccco3)ccc21. The lowest BCUT2D eigenvalue weighted by molar-refractivity contribution is -0.119. The molecule has 120 valence electrons. The van der Waals surface area contributed by atoms with Crippen molar-refractivity contribution in [3.8, 4) is 0 Å². The van der Waals surface area contributed by atoms with Crippen LogP contribution in [0.25, 0.3) is 0 Å². The van der Waals surface area contributed by atoms with Crippen LogP contribution in [0.2, 0.25) is 0 Å². The number of anilines is 2. The number of fused-ring (bicyclic) bond motifs is 1. The molecule has 5 nitrogen and oxygen atoms in total. The van der Waals surface area contributed by atoms with Crippen molar-refractivity contribution in [3.05, 3.63) is 47.9 Å². The Morgan fingerprint density at radius 3 is 2.83 bits per heavy atom. The monoisotopic (exact) mass is 312 g/mol. The molecule has 0 spiro atoms. The second kappa shape index (κ2) is 6.28. The van der Waals surface area contributed by atoms with Gasteiger partial charge in [-0.1, -0.05) is 13.8 Å². The van der Waals surface area contributed by atoms with Gasteiger partial charge in [0, 0.05) is 24.3 Å². The average molecular weight is 312 g/mol. The fourth-order valence-electron chi connectivity index (χ4n) is 2.80. The van der Waals surface area contributed by atoms with Crippen LogP contribution in [0.5, 0.6) is 0 Å². The third-order valence-electron chi connectivity index (χ3n) is 3.83. The first-order valence-corrected chi connectivity index (χ1v) is 7.82. The minimum Gasteiger partial charge on any atom is -0.459 e. The molecule has 3 rings (SSSR count). The van der Waals surface area contributed by atoms with Gasteiger partial charge in [-0.05, 0) is 48.2 Å². The molecule has 0 unspecified atom stereocenters. The number of nitrogens with zero attached hydrogens (tertiary/aromatic N) is 1. The highest BCUT2D eigenvalue weighted by Gasteiger charge is 2.25. The zero-order valence-electron chi connectivity index (χ0n) is 13.3. The van der Waals surface area contributed by atoms with E-state index in [1.54, 1.807) is 12.1 Å². The van der Waals surface area contributed by atoms with Gasteiger partial charge in [-0.15, -0.1) is 0 Å². The Bertz CT molecular complexity index is 720. The maximum Gasteiger partial charge on any atom is 0.291 e. The molecule has 0 atom stereocenters. The number of amides is 2. The number of nitrogens with one attached hydrogen (secondary N) is 1. The maximum absolute atomic E-state index is 12.2. The van der Waals surface area contributed by atoms with Crippen LogP contribution in [0.4, 0.5) is 11.4 Å². The summed E-state index contributed by atoms with van der Waals surface area (Å²) in [7, 11) is 0. The van der Waals surface area contributed by atoms with Gasteiger partial charge < -0.3 is 14.6 Å². The molecule has 0 radical (unpaired) electrons. The van der Waals surface area contributed by atoms with Crippen molar-refractivity contribution in [2.24, 2.45) is 5.92 Å². The van der Waals surface area contributed by atoms with E-state index >= 15 is 0 Å². The lowest BCUT2D eigenvalue weighted by Gasteiger charge is -2.31. The molecule has 2 aromatic rings. The third-order valence-corrected chi connectivity index (χ3v) is 3.83. The molecule has 0 bridgehead atoms. The molecule has 1 aromatic heterocycles. The number of aryl methyl sites for hydroxylation is 1. The largest absolute Gasteiger partial charge is 0.459 e. The van der Waals surface area contributed by atoms with Gasteiger partial charge in [0.1, 0.15) is 0 Å². The number of rotatable bonds is 4. The Hall–Kier alpha value is -2.56. The summed E-state index contributed by atoms with van der Waals surface area (Å²) in [6, 6.07) is 8.97. The molecule has 0 fully saturated rings. The Morgan fingerprint density at radius 1 is 1.30 bits per heavy atom. The minimum absolute atomic E-state index is 0.165. The van der Waals surface area contributed by atoms with E-state index in [-0.39, 0.29) is 17.6 Å². The summed E-state index contributed by atoms with van der Waals surface area (Å²) >= 11 is 0. The van der Waals surface area contributed by atoms with Crippen molar-refractivity contribution in [2.75, 3.05) is 16.8 Å². The van der Waals surface area contributed by atoms with Crippen LogP contribution >= 0.6 is 0 Å². The van der Waals surface area contributed by atoms with Crippen LogP contribution in [-0.4, -0.2) is 18.4 Å². The Balaban J connectivity index is 1.82. The average Bonchev–Trinajstić information content (AvgIpc) is 3.04. The highest BCUT2D eigenvalue weighted by molar-refractivity contribution is 6.03. The van der Waals surface area contributed by atoms with Crippen LogP contribution in [0.3, 0.4) is 0 Å². The summed E-state index contributed by atoms with van der Waals surface area (Å²) < 4.78 is 5.09. The number of hydrogen-bond acceptors (Lipinski definition) is 3. The Morgan fingerprint density at radius 2 is 2.13 bits per heavy atom. The first kappa shape index (κ1) is 15.3. The molecule has 1 aliphatic heterocycles. The van der Waals surface area contributed by atoms with Gasteiger partial charge in [0.15, 0.2) is 5.76 Å². The zero-order chi connectivity index (χ0) is 16.4. The quantitative estimate of drug-likeness (QED) is 0.940. The summed E-state index contributed by atoms with van der Waals surface area (Å²) in [5.41, 5.74) is 2.75. The molecule has 5 heteroatoms. The normalized spacial score (nSPS) is 14.0. The summed E-state index contributed by atoms with van der Waals surface area (Å²) in [6.45, 7) is 4.91. The van der Waals surface area contributed by atoms with E-state index in [0.717, 1.165) is 11.3 Å². The fourth-order valence-corrected chi connectivity index (χ4v) is 2.80. The lowest BCUT2D eigenvalue weighted by atomic mass is 9.99. The van der Waals surface area contributed by atoms with Crippen LogP contribution in [-0.2, 0) is 11.2 Å². The highest BCUT2D eigenvalue weighted by atomic mass is 16.3. The molecule has 1 aliphatic rings. The van der Waals surface area contributed by atoms with E-state index < -0.39 is 0 Å². The Kier molecular flexibility index (Phi) is 4.19. The summed E-state index contributed by atoms with van der Waals surface area (Å²) in [5, 5.41) is 2.83. The van der Waals surface area contributed by atoms with Gasteiger partial charge in [0.25, 0.3) is 5.91 Å². The number of furan rings is 1. The van der Waals surface area contributed by atoms with Crippen LogP contribution in [0, 0.1) is 5.92 Å². The molecule has 0 aliphatic carbocycles. The first-order valence-electron chi connectivity index (χ1n) is 7.82. The number of carbonyl (C=O) groups excluding carboxylic acids is 2. The second-order valence-electron chi connectivity index (χ2n) is 6.17.